The van der Waals surface area contributed by atoms with Crippen LogP contribution in [0.1, 0.15) is 30.6 Å². The Morgan fingerprint density at radius 3 is 2.96 bits per heavy atom. The first-order valence-corrected chi connectivity index (χ1v) is 9.39. The number of fused-ring (bicyclic) bond motifs is 1. The smallest absolute Gasteiger partial charge is 0.191 e. The van der Waals surface area contributed by atoms with Gasteiger partial charge in [0.15, 0.2) is 11.8 Å². The Morgan fingerprint density at radius 2 is 2.21 bits per heavy atom. The van der Waals surface area contributed by atoms with Gasteiger partial charge in [0.25, 0.3) is 0 Å². The van der Waals surface area contributed by atoms with Crippen LogP contribution in [-0.2, 0) is 30.7 Å². The summed E-state index contributed by atoms with van der Waals surface area (Å²) in [5.41, 5.74) is 0.688. The Morgan fingerprint density at radius 1 is 1.39 bits per heavy atom. The fraction of sp³-hybridized carbons (Fsp3) is 0.526. The van der Waals surface area contributed by atoms with Gasteiger partial charge in [-0.25, -0.2) is 14.1 Å². The molecule has 1 aliphatic rings. The number of ether oxygens (including phenoxy) is 1. The molecule has 0 aliphatic carbocycles. The monoisotopic (exact) mass is 502 g/mol. The molecule has 2 aromatic rings. The van der Waals surface area contributed by atoms with E-state index in [1.165, 1.54) is 6.07 Å². The van der Waals surface area contributed by atoms with Gasteiger partial charge in [-0.1, -0.05) is 18.2 Å². The summed E-state index contributed by atoms with van der Waals surface area (Å²) in [5.74, 6) is 2.29. The van der Waals surface area contributed by atoms with Crippen LogP contribution in [0, 0.1) is 5.82 Å². The van der Waals surface area contributed by atoms with Gasteiger partial charge in [-0.15, -0.1) is 24.0 Å². The maximum absolute atomic E-state index is 13.7. The highest BCUT2D eigenvalue weighted by Gasteiger charge is 2.22. The molecule has 0 saturated carbocycles. The van der Waals surface area contributed by atoms with E-state index in [0.717, 1.165) is 43.5 Å². The number of halogens is 2. The van der Waals surface area contributed by atoms with E-state index < -0.39 is 0 Å². The Bertz CT molecular complexity index is 782. The normalized spacial score (nSPS) is 16.2. The van der Waals surface area contributed by atoms with E-state index in [2.05, 4.69) is 25.7 Å². The van der Waals surface area contributed by atoms with E-state index in [0.29, 0.717) is 25.1 Å². The minimum atomic E-state index is -0.177. The molecule has 3 rings (SSSR count). The minimum absolute atomic E-state index is 0. The summed E-state index contributed by atoms with van der Waals surface area (Å²) in [6.07, 6.45) is 2.40. The Labute approximate surface area is 182 Å². The molecule has 0 radical (unpaired) electrons. The lowest BCUT2D eigenvalue weighted by Gasteiger charge is -2.25. The number of aromatic nitrogens is 3. The highest BCUT2D eigenvalue weighted by Crippen LogP contribution is 2.13. The second-order valence-electron chi connectivity index (χ2n) is 6.54. The summed E-state index contributed by atoms with van der Waals surface area (Å²) >= 11 is 0. The topological polar surface area (TPSA) is 76.4 Å². The van der Waals surface area contributed by atoms with Crippen molar-refractivity contribution in [1.29, 1.82) is 0 Å². The lowest BCUT2D eigenvalue weighted by Crippen LogP contribution is -2.47. The Hall–Kier alpha value is -1.75. The molecule has 2 heterocycles. The number of aliphatic imine (C=N–C) groups is 1. The summed E-state index contributed by atoms with van der Waals surface area (Å²) in [5, 5.41) is 11.2. The van der Waals surface area contributed by atoms with Gasteiger partial charge in [0.1, 0.15) is 18.2 Å². The molecule has 1 atom stereocenters. The third-order valence-electron chi connectivity index (χ3n) is 4.47. The maximum Gasteiger partial charge on any atom is 0.191 e. The third kappa shape index (κ3) is 6.13. The number of benzene rings is 1. The zero-order valence-corrected chi connectivity index (χ0v) is 18.7. The number of hydrogen-bond donors (Lipinski definition) is 2. The summed E-state index contributed by atoms with van der Waals surface area (Å²) in [6, 6.07) is 7.06. The Balaban J connectivity index is 0.00000280. The Kier molecular flexibility index (Phi) is 9.10. The van der Waals surface area contributed by atoms with Gasteiger partial charge in [-0.2, -0.15) is 5.10 Å². The molecule has 154 valence electrons. The van der Waals surface area contributed by atoms with Gasteiger partial charge < -0.3 is 15.4 Å². The minimum Gasteiger partial charge on any atom is -0.377 e. The van der Waals surface area contributed by atoms with Crippen LogP contribution >= 0.6 is 24.0 Å². The summed E-state index contributed by atoms with van der Waals surface area (Å²) < 4.78 is 20.8. The van der Waals surface area contributed by atoms with Crippen molar-refractivity contribution in [2.75, 3.05) is 20.2 Å². The van der Waals surface area contributed by atoms with Gasteiger partial charge in [0.05, 0.1) is 6.54 Å². The van der Waals surface area contributed by atoms with Crippen LogP contribution in [0.2, 0.25) is 0 Å². The van der Waals surface area contributed by atoms with Gasteiger partial charge in [-0.05, 0) is 31.4 Å². The van der Waals surface area contributed by atoms with E-state index in [1.54, 1.807) is 19.2 Å². The summed E-state index contributed by atoms with van der Waals surface area (Å²) in [6.45, 7) is 4.49. The molecule has 1 aromatic heterocycles. The first-order chi connectivity index (χ1) is 13.2. The fourth-order valence-corrected chi connectivity index (χ4v) is 3.17. The van der Waals surface area contributed by atoms with E-state index >= 15 is 0 Å². The van der Waals surface area contributed by atoms with Crippen LogP contribution in [0.15, 0.2) is 29.3 Å². The number of guanidine groups is 1. The van der Waals surface area contributed by atoms with Crippen molar-refractivity contribution in [2.45, 2.75) is 45.4 Å². The zero-order chi connectivity index (χ0) is 19.1. The third-order valence-corrected chi connectivity index (χ3v) is 4.47. The number of aryl methyl sites for hydroxylation is 1. The van der Waals surface area contributed by atoms with Crippen LogP contribution in [0.5, 0.6) is 0 Å². The molecule has 1 unspecified atom stereocenters. The molecular weight excluding hydrogens is 474 g/mol. The number of methoxy groups -OCH3 is 1. The van der Waals surface area contributed by atoms with Gasteiger partial charge in [0, 0.05) is 32.7 Å². The standard InChI is InChI=1S/C19H27FN6O.HI/c1-3-21-19(22-11-10-14-6-4-5-7-16(14)20)23-15-8-9-18-24-17(13-27-2)25-26(18)12-15;/h4-7,15H,3,8-13H2,1-2H3,(H2,21,22,23);1H. The van der Waals surface area contributed by atoms with Crippen LogP contribution in [0.25, 0.3) is 0 Å². The van der Waals surface area contributed by atoms with Crippen molar-refractivity contribution in [3.05, 3.63) is 47.3 Å². The van der Waals surface area contributed by atoms with E-state index in [-0.39, 0.29) is 35.8 Å². The number of rotatable bonds is 7. The van der Waals surface area contributed by atoms with E-state index in [4.69, 9.17) is 4.74 Å². The summed E-state index contributed by atoms with van der Waals surface area (Å²) in [7, 11) is 1.64. The lowest BCUT2D eigenvalue weighted by atomic mass is 10.1. The molecule has 0 spiro atoms. The van der Waals surface area contributed by atoms with Crippen molar-refractivity contribution in [3.63, 3.8) is 0 Å². The molecule has 0 fully saturated rings. The largest absolute Gasteiger partial charge is 0.377 e. The lowest BCUT2D eigenvalue weighted by molar-refractivity contribution is 0.177. The predicted molar refractivity (Wildman–Crippen MR) is 117 cm³/mol. The van der Waals surface area contributed by atoms with Gasteiger partial charge in [-0.3, -0.25) is 4.99 Å². The second-order valence-corrected chi connectivity index (χ2v) is 6.54. The highest BCUT2D eigenvalue weighted by molar-refractivity contribution is 14.0. The molecule has 1 aromatic carbocycles. The maximum atomic E-state index is 13.7. The molecule has 0 amide bonds. The summed E-state index contributed by atoms with van der Waals surface area (Å²) in [4.78, 5) is 9.10. The van der Waals surface area contributed by atoms with Gasteiger partial charge >= 0.3 is 0 Å². The number of hydrogen-bond acceptors (Lipinski definition) is 4. The molecule has 0 bridgehead atoms. The van der Waals surface area contributed by atoms with Crippen molar-refractivity contribution >= 4 is 29.9 Å². The first kappa shape index (κ1) is 22.5. The van der Waals surface area contributed by atoms with E-state index in [1.807, 2.05) is 17.7 Å². The van der Waals surface area contributed by atoms with Crippen molar-refractivity contribution in [3.8, 4) is 0 Å². The zero-order valence-electron chi connectivity index (χ0n) is 16.3. The molecular formula is C19H28FIN6O. The predicted octanol–water partition coefficient (Wildman–Crippen LogP) is 2.29. The molecule has 9 heteroatoms. The van der Waals surface area contributed by atoms with Crippen molar-refractivity contribution in [1.82, 2.24) is 25.4 Å². The quantitative estimate of drug-likeness (QED) is 0.345. The van der Waals surface area contributed by atoms with Crippen LogP contribution < -0.4 is 10.6 Å². The van der Waals surface area contributed by atoms with Crippen LogP contribution in [-0.4, -0.2) is 47.0 Å². The highest BCUT2D eigenvalue weighted by atomic mass is 127. The first-order valence-electron chi connectivity index (χ1n) is 9.39. The van der Waals surface area contributed by atoms with Gasteiger partial charge in [0.2, 0.25) is 0 Å². The average molecular weight is 502 g/mol. The van der Waals surface area contributed by atoms with E-state index in [9.17, 15) is 4.39 Å². The number of nitrogens with zero attached hydrogens (tertiary/aromatic N) is 4. The number of nitrogens with one attached hydrogen (secondary N) is 2. The van der Waals surface area contributed by atoms with Crippen molar-refractivity contribution < 1.29 is 9.13 Å². The molecule has 1 aliphatic heterocycles. The molecule has 28 heavy (non-hydrogen) atoms. The SMILES string of the molecule is CCNC(=NCCc1ccccc1F)NC1CCc2nc(COC)nn2C1.I. The van der Waals surface area contributed by atoms with Crippen LogP contribution in [0.4, 0.5) is 4.39 Å². The average Bonchev–Trinajstić information content (AvgIpc) is 3.05. The second kappa shape index (κ2) is 11.3. The molecule has 2 N–H and O–H groups in total. The fourth-order valence-electron chi connectivity index (χ4n) is 3.17. The van der Waals surface area contributed by atoms with Crippen LogP contribution in [0.3, 0.4) is 0 Å². The van der Waals surface area contributed by atoms with Crippen molar-refractivity contribution in [2.24, 2.45) is 4.99 Å². The molecule has 0 saturated heterocycles. The molecule has 7 nitrogen and oxygen atoms in total.